The minimum Gasteiger partial charge on any atom is -0.384 e. The Labute approximate surface area is 87.8 Å². The lowest BCUT2D eigenvalue weighted by Gasteiger charge is -2.09. The number of hydrogen-bond donors (Lipinski definition) is 0. The smallest absolute Gasteiger partial charge is 0.201 e. The van der Waals surface area contributed by atoms with Crippen LogP contribution in [0.2, 0.25) is 0 Å². The van der Waals surface area contributed by atoms with Gasteiger partial charge in [-0.15, -0.1) is 11.3 Å². The van der Waals surface area contributed by atoms with Gasteiger partial charge in [0, 0.05) is 33.1 Å². The zero-order valence-electron chi connectivity index (χ0n) is 8.65. The molecule has 0 aliphatic heterocycles. The van der Waals surface area contributed by atoms with Crippen molar-refractivity contribution in [1.29, 1.82) is 0 Å². The van der Waals surface area contributed by atoms with Crippen molar-refractivity contribution < 1.29 is 14.2 Å². The monoisotopic (exact) mass is 217 g/mol. The van der Waals surface area contributed by atoms with Crippen molar-refractivity contribution in [2.45, 2.75) is 12.7 Å². The highest BCUT2D eigenvalue weighted by molar-refractivity contribution is 7.09. The molecule has 1 aromatic rings. The standard InChI is InChI=1S/C9H15NO3S/c1-11-5-4-8-10-7(6-14-8)9(12-2)13-3/h6,9H,4-5H2,1-3H3. The molecule has 14 heavy (non-hydrogen) atoms. The summed E-state index contributed by atoms with van der Waals surface area (Å²) in [4.78, 5) is 4.38. The maximum absolute atomic E-state index is 5.09. The predicted octanol–water partition coefficient (Wildman–Crippen LogP) is 1.62. The molecule has 80 valence electrons. The fourth-order valence-electron chi connectivity index (χ4n) is 1.08. The molecule has 0 saturated carbocycles. The highest BCUT2D eigenvalue weighted by atomic mass is 32.1. The molecular formula is C9H15NO3S. The number of rotatable bonds is 6. The molecule has 5 heteroatoms. The van der Waals surface area contributed by atoms with Gasteiger partial charge in [0.15, 0.2) is 0 Å². The molecule has 0 atom stereocenters. The molecule has 0 radical (unpaired) electrons. The Bertz CT molecular complexity index is 260. The number of nitrogens with zero attached hydrogens (tertiary/aromatic N) is 1. The second kappa shape index (κ2) is 6.08. The van der Waals surface area contributed by atoms with Crippen LogP contribution >= 0.6 is 11.3 Å². The second-order valence-electron chi connectivity index (χ2n) is 2.71. The zero-order valence-corrected chi connectivity index (χ0v) is 9.47. The van der Waals surface area contributed by atoms with Crippen molar-refractivity contribution in [2.75, 3.05) is 27.9 Å². The summed E-state index contributed by atoms with van der Waals surface area (Å²) in [6.07, 6.45) is 0.476. The van der Waals surface area contributed by atoms with Gasteiger partial charge >= 0.3 is 0 Å². The summed E-state index contributed by atoms with van der Waals surface area (Å²) in [6.45, 7) is 0.692. The second-order valence-corrected chi connectivity index (χ2v) is 3.65. The fourth-order valence-corrected chi connectivity index (χ4v) is 1.86. The molecule has 0 bridgehead atoms. The van der Waals surface area contributed by atoms with E-state index in [2.05, 4.69) is 4.98 Å². The molecule has 0 aliphatic carbocycles. The van der Waals surface area contributed by atoms with E-state index in [0.717, 1.165) is 17.1 Å². The van der Waals surface area contributed by atoms with E-state index >= 15 is 0 Å². The average molecular weight is 217 g/mol. The average Bonchev–Trinajstić information content (AvgIpc) is 2.65. The van der Waals surface area contributed by atoms with Crippen molar-refractivity contribution in [3.63, 3.8) is 0 Å². The van der Waals surface area contributed by atoms with Gasteiger partial charge in [-0.1, -0.05) is 0 Å². The molecule has 1 rings (SSSR count). The third-order valence-corrected chi connectivity index (χ3v) is 2.69. The van der Waals surface area contributed by atoms with Crippen LogP contribution in [0.15, 0.2) is 5.38 Å². The molecule has 0 saturated heterocycles. The van der Waals surface area contributed by atoms with Crippen LogP contribution < -0.4 is 0 Å². The van der Waals surface area contributed by atoms with Crippen LogP contribution in [0.3, 0.4) is 0 Å². The van der Waals surface area contributed by atoms with Crippen molar-refractivity contribution >= 4 is 11.3 Å². The van der Waals surface area contributed by atoms with Crippen LogP contribution in [-0.4, -0.2) is 32.9 Å². The number of hydrogen-bond acceptors (Lipinski definition) is 5. The Morgan fingerprint density at radius 3 is 2.64 bits per heavy atom. The van der Waals surface area contributed by atoms with Crippen LogP contribution in [0.1, 0.15) is 17.0 Å². The van der Waals surface area contributed by atoms with Gasteiger partial charge in [-0.25, -0.2) is 4.98 Å². The molecule has 0 aliphatic rings. The van der Waals surface area contributed by atoms with E-state index in [1.165, 1.54) is 0 Å². The molecule has 0 spiro atoms. The lowest BCUT2D eigenvalue weighted by Crippen LogP contribution is -2.04. The molecule has 1 heterocycles. The van der Waals surface area contributed by atoms with Gasteiger partial charge in [0.1, 0.15) is 5.69 Å². The summed E-state index contributed by atoms with van der Waals surface area (Å²) in [5.41, 5.74) is 0.825. The van der Waals surface area contributed by atoms with Crippen molar-refractivity contribution in [3.05, 3.63) is 16.1 Å². The molecule has 1 aromatic heterocycles. The molecule has 0 unspecified atom stereocenters. The third kappa shape index (κ3) is 3.02. The Morgan fingerprint density at radius 2 is 2.07 bits per heavy atom. The van der Waals surface area contributed by atoms with E-state index in [9.17, 15) is 0 Å². The van der Waals surface area contributed by atoms with Gasteiger partial charge in [0.25, 0.3) is 0 Å². The summed E-state index contributed by atoms with van der Waals surface area (Å²) in [5.74, 6) is 0. The topological polar surface area (TPSA) is 40.6 Å². The first-order valence-corrected chi connectivity index (χ1v) is 5.18. The largest absolute Gasteiger partial charge is 0.384 e. The molecule has 0 aromatic carbocycles. The Balaban J connectivity index is 2.57. The van der Waals surface area contributed by atoms with E-state index in [-0.39, 0.29) is 6.29 Å². The number of thiazole rings is 1. The first-order chi connectivity index (χ1) is 6.81. The van der Waals surface area contributed by atoms with Gasteiger partial charge in [0.2, 0.25) is 6.29 Å². The number of ether oxygens (including phenoxy) is 3. The van der Waals surface area contributed by atoms with Crippen LogP contribution in [-0.2, 0) is 20.6 Å². The van der Waals surface area contributed by atoms with E-state index in [4.69, 9.17) is 14.2 Å². The lowest BCUT2D eigenvalue weighted by molar-refractivity contribution is -0.108. The maximum Gasteiger partial charge on any atom is 0.201 e. The fraction of sp³-hybridized carbons (Fsp3) is 0.667. The van der Waals surface area contributed by atoms with E-state index < -0.39 is 0 Å². The number of methoxy groups -OCH3 is 3. The Kier molecular flexibility index (Phi) is 5.03. The molecule has 0 amide bonds. The van der Waals surface area contributed by atoms with E-state index in [0.29, 0.717) is 6.61 Å². The van der Waals surface area contributed by atoms with Gasteiger partial charge in [-0.3, -0.25) is 0 Å². The minimum atomic E-state index is -0.359. The summed E-state index contributed by atoms with van der Waals surface area (Å²) < 4.78 is 15.2. The molecule has 4 nitrogen and oxygen atoms in total. The van der Waals surface area contributed by atoms with Crippen LogP contribution in [0, 0.1) is 0 Å². The van der Waals surface area contributed by atoms with Crippen LogP contribution in [0.4, 0.5) is 0 Å². The molecule has 0 N–H and O–H groups in total. The first kappa shape index (κ1) is 11.6. The Morgan fingerprint density at radius 1 is 1.36 bits per heavy atom. The van der Waals surface area contributed by atoms with Crippen LogP contribution in [0.25, 0.3) is 0 Å². The molecular weight excluding hydrogens is 202 g/mol. The summed E-state index contributed by atoms with van der Waals surface area (Å²) in [5, 5.41) is 2.99. The van der Waals surface area contributed by atoms with Gasteiger partial charge in [0.05, 0.1) is 11.6 Å². The van der Waals surface area contributed by atoms with Crippen LogP contribution in [0.5, 0.6) is 0 Å². The van der Waals surface area contributed by atoms with Gasteiger partial charge < -0.3 is 14.2 Å². The Hall–Kier alpha value is -0.490. The quantitative estimate of drug-likeness (QED) is 0.679. The predicted molar refractivity (Wildman–Crippen MR) is 54.5 cm³/mol. The van der Waals surface area contributed by atoms with Crippen molar-refractivity contribution in [3.8, 4) is 0 Å². The van der Waals surface area contributed by atoms with Crippen molar-refractivity contribution in [1.82, 2.24) is 4.98 Å². The van der Waals surface area contributed by atoms with Gasteiger partial charge in [-0.05, 0) is 0 Å². The van der Waals surface area contributed by atoms with Crippen molar-refractivity contribution in [2.24, 2.45) is 0 Å². The highest BCUT2D eigenvalue weighted by Gasteiger charge is 2.12. The first-order valence-electron chi connectivity index (χ1n) is 4.30. The third-order valence-electron chi connectivity index (χ3n) is 1.76. The van der Waals surface area contributed by atoms with Gasteiger partial charge in [-0.2, -0.15) is 0 Å². The lowest BCUT2D eigenvalue weighted by atomic mass is 10.4. The zero-order chi connectivity index (χ0) is 10.4. The SMILES string of the molecule is COCCc1nc(C(OC)OC)cs1. The highest BCUT2D eigenvalue weighted by Crippen LogP contribution is 2.20. The normalized spacial score (nSPS) is 11.1. The summed E-state index contributed by atoms with van der Waals surface area (Å²) in [6, 6.07) is 0. The molecule has 0 fully saturated rings. The maximum atomic E-state index is 5.09. The van der Waals surface area contributed by atoms with E-state index in [1.54, 1.807) is 32.7 Å². The summed E-state index contributed by atoms with van der Waals surface area (Å²) in [7, 11) is 4.88. The summed E-state index contributed by atoms with van der Waals surface area (Å²) >= 11 is 1.60. The number of aromatic nitrogens is 1. The van der Waals surface area contributed by atoms with E-state index in [1.807, 2.05) is 5.38 Å². The minimum absolute atomic E-state index is 0.359.